The Labute approximate surface area is 119 Å². The normalized spacial score (nSPS) is 14.4. The van der Waals surface area contributed by atoms with Crippen molar-refractivity contribution in [3.05, 3.63) is 48.5 Å². The van der Waals surface area contributed by atoms with E-state index in [1.807, 2.05) is 0 Å². The van der Waals surface area contributed by atoms with Crippen LogP contribution < -0.4 is 9.47 Å². The minimum Gasteiger partial charge on any atom is -0.255 e. The number of fused-ring (bicyclic) bond motifs is 6. The average molecular weight is 263 g/mol. The van der Waals surface area contributed by atoms with Crippen molar-refractivity contribution >= 4 is 27.5 Å². The van der Waals surface area contributed by atoms with Gasteiger partial charge in [-0.15, -0.1) is 0 Å². The molecule has 0 atom stereocenters. The van der Waals surface area contributed by atoms with Gasteiger partial charge < -0.3 is 0 Å². The number of pyridine rings is 1. The first-order valence-corrected chi connectivity index (χ1v) is 7.37. The number of rotatable bonds is 1. The van der Waals surface area contributed by atoms with Crippen LogP contribution in [-0.4, -0.2) is 12.6 Å². The van der Waals surface area contributed by atoms with Crippen molar-refractivity contribution < 1.29 is 4.57 Å². The lowest BCUT2D eigenvalue weighted by Crippen LogP contribution is -2.34. The molecule has 2 aromatic carbocycles. The maximum Gasteiger partial charge on any atom is 0.285 e. The summed E-state index contributed by atoms with van der Waals surface area (Å²) in [6.07, 6.45) is 0. The second-order valence-electron chi connectivity index (χ2n) is 5.83. The van der Waals surface area contributed by atoms with Gasteiger partial charge in [-0.2, -0.15) is 0 Å². The highest BCUT2D eigenvalue weighted by Crippen LogP contribution is 2.32. The lowest BCUT2D eigenvalue weighted by Gasteiger charge is -2.17. The summed E-state index contributed by atoms with van der Waals surface area (Å²) >= 11 is 0. The predicted molar refractivity (Wildman–Crippen MR) is 84.1 cm³/mol. The summed E-state index contributed by atoms with van der Waals surface area (Å²) in [5, 5.41) is 4.09. The summed E-state index contributed by atoms with van der Waals surface area (Å²) in [6.45, 7) is 6.74. The first kappa shape index (κ1) is 11.7. The summed E-state index contributed by atoms with van der Waals surface area (Å²) < 4.78 is 2.48. The minimum absolute atomic E-state index is 0.535. The predicted octanol–water partition coefficient (Wildman–Crippen LogP) is 3.51. The van der Waals surface area contributed by atoms with Crippen LogP contribution in [0.1, 0.15) is 13.8 Å². The monoisotopic (exact) mass is 263 g/mol. The van der Waals surface area contributed by atoms with Gasteiger partial charge in [0.1, 0.15) is 18.6 Å². The van der Waals surface area contributed by atoms with E-state index in [4.69, 9.17) is 0 Å². The van der Waals surface area contributed by atoms with E-state index < -0.39 is 0 Å². The third kappa shape index (κ3) is 1.48. The van der Waals surface area contributed by atoms with Gasteiger partial charge in [-0.25, -0.2) is 4.57 Å². The maximum absolute atomic E-state index is 2.52. The van der Waals surface area contributed by atoms with E-state index in [0.717, 1.165) is 13.1 Å². The molecule has 0 amide bonds. The van der Waals surface area contributed by atoms with Gasteiger partial charge in [-0.1, -0.05) is 36.4 Å². The number of benzene rings is 2. The molecule has 0 saturated carbocycles. The van der Waals surface area contributed by atoms with Crippen molar-refractivity contribution in [3.63, 3.8) is 0 Å². The van der Waals surface area contributed by atoms with Gasteiger partial charge in [0.15, 0.2) is 0 Å². The highest BCUT2D eigenvalue weighted by molar-refractivity contribution is 6.08. The Morgan fingerprint density at radius 3 is 2.30 bits per heavy atom. The average Bonchev–Trinajstić information content (AvgIpc) is 2.93. The van der Waals surface area contributed by atoms with E-state index in [9.17, 15) is 0 Å². The molecule has 4 rings (SSSR count). The molecule has 20 heavy (non-hydrogen) atoms. The molecule has 1 aliphatic heterocycles. The van der Waals surface area contributed by atoms with Crippen LogP contribution in [0, 0.1) is 0 Å². The van der Waals surface area contributed by atoms with Crippen LogP contribution >= 0.6 is 0 Å². The number of hydrogen-bond donors (Lipinski definition) is 0. The van der Waals surface area contributed by atoms with Crippen molar-refractivity contribution in [3.8, 4) is 0 Å². The molecule has 1 aromatic heterocycles. The van der Waals surface area contributed by atoms with Crippen LogP contribution in [0.4, 0.5) is 5.82 Å². The summed E-state index contributed by atoms with van der Waals surface area (Å²) in [6, 6.07) is 18.1. The fraction of sp³-hybridized carbons (Fsp3) is 0.278. The Bertz CT molecular complexity index is 805. The highest BCUT2D eigenvalue weighted by atomic mass is 15.3. The van der Waals surface area contributed by atoms with E-state index in [1.165, 1.54) is 27.5 Å². The van der Waals surface area contributed by atoms with E-state index >= 15 is 0 Å². The maximum atomic E-state index is 2.52. The molecule has 0 saturated heterocycles. The molecule has 2 heteroatoms. The van der Waals surface area contributed by atoms with Crippen molar-refractivity contribution in [2.75, 3.05) is 11.4 Å². The number of anilines is 1. The Kier molecular flexibility index (Phi) is 2.46. The fourth-order valence-corrected chi connectivity index (χ4v) is 3.46. The second kappa shape index (κ2) is 4.20. The Morgan fingerprint density at radius 2 is 1.55 bits per heavy atom. The molecule has 0 radical (unpaired) electrons. The molecule has 1 aliphatic rings. The van der Waals surface area contributed by atoms with E-state index in [2.05, 4.69) is 71.8 Å². The highest BCUT2D eigenvalue weighted by Gasteiger charge is 2.33. The Balaban J connectivity index is 2.21. The van der Waals surface area contributed by atoms with E-state index in [0.29, 0.717) is 6.04 Å². The molecule has 2 heterocycles. The van der Waals surface area contributed by atoms with Crippen LogP contribution in [0.15, 0.2) is 48.5 Å². The topological polar surface area (TPSA) is 7.12 Å². The van der Waals surface area contributed by atoms with Crippen LogP contribution in [-0.2, 0) is 6.54 Å². The lowest BCUT2D eigenvalue weighted by molar-refractivity contribution is -0.643. The van der Waals surface area contributed by atoms with Gasteiger partial charge in [-0.3, -0.25) is 4.90 Å². The van der Waals surface area contributed by atoms with Crippen molar-refractivity contribution in [2.45, 2.75) is 26.4 Å². The van der Waals surface area contributed by atoms with E-state index in [-0.39, 0.29) is 0 Å². The van der Waals surface area contributed by atoms with Crippen molar-refractivity contribution in [2.24, 2.45) is 0 Å². The minimum atomic E-state index is 0.535. The lowest BCUT2D eigenvalue weighted by atomic mass is 10.1. The molecule has 100 valence electrons. The molecule has 0 unspecified atom stereocenters. The fourth-order valence-electron chi connectivity index (χ4n) is 3.46. The molecular formula is C18H19N2+. The molecule has 0 bridgehead atoms. The zero-order valence-corrected chi connectivity index (χ0v) is 12.0. The van der Waals surface area contributed by atoms with E-state index in [1.54, 1.807) is 0 Å². The number of para-hydroxylation sites is 1. The molecule has 0 spiro atoms. The van der Waals surface area contributed by atoms with Gasteiger partial charge >= 0.3 is 0 Å². The molecule has 3 aromatic rings. The summed E-state index contributed by atoms with van der Waals surface area (Å²) in [4.78, 5) is 2.52. The zero-order valence-electron chi connectivity index (χ0n) is 12.0. The van der Waals surface area contributed by atoms with Gasteiger partial charge in [0.05, 0.1) is 11.4 Å². The van der Waals surface area contributed by atoms with Gasteiger partial charge in [-0.05, 0) is 26.0 Å². The third-order valence-electron chi connectivity index (χ3n) is 4.37. The number of nitrogens with zero attached hydrogens (tertiary/aromatic N) is 2. The molecular weight excluding hydrogens is 244 g/mol. The van der Waals surface area contributed by atoms with Gasteiger partial charge in [0.25, 0.3) is 5.82 Å². The third-order valence-corrected chi connectivity index (χ3v) is 4.37. The Morgan fingerprint density at radius 1 is 0.900 bits per heavy atom. The van der Waals surface area contributed by atoms with Crippen LogP contribution in [0.2, 0.25) is 0 Å². The summed E-state index contributed by atoms with van der Waals surface area (Å²) in [5.74, 6) is 1.38. The zero-order chi connectivity index (χ0) is 13.7. The first-order chi connectivity index (χ1) is 9.77. The van der Waals surface area contributed by atoms with Crippen LogP contribution in [0.25, 0.3) is 21.7 Å². The second-order valence-corrected chi connectivity index (χ2v) is 5.83. The molecule has 2 nitrogen and oxygen atoms in total. The smallest absolute Gasteiger partial charge is 0.255 e. The molecule has 0 fully saturated rings. The summed E-state index contributed by atoms with van der Waals surface area (Å²) in [5.41, 5.74) is 1.35. The van der Waals surface area contributed by atoms with Crippen molar-refractivity contribution in [1.82, 2.24) is 0 Å². The Hall–Kier alpha value is -2.09. The standard InChI is InChI=1S/C18H19N2/c1-13(2)19-11-12-20-17-10-6-5-8-15(17)14-7-3-4-9-16(14)18(19)20/h3-10,13H,11-12H2,1-2H3/q+1. The molecule has 0 N–H and O–H groups in total. The van der Waals surface area contributed by atoms with Crippen LogP contribution in [0.5, 0.6) is 0 Å². The van der Waals surface area contributed by atoms with Gasteiger partial charge in [0, 0.05) is 10.8 Å². The quantitative estimate of drug-likeness (QED) is 0.481. The first-order valence-electron chi connectivity index (χ1n) is 7.37. The van der Waals surface area contributed by atoms with Crippen molar-refractivity contribution in [1.29, 1.82) is 0 Å². The number of aromatic nitrogens is 1. The van der Waals surface area contributed by atoms with Crippen LogP contribution in [0.3, 0.4) is 0 Å². The summed E-state index contributed by atoms with van der Waals surface area (Å²) in [7, 11) is 0. The van der Waals surface area contributed by atoms with Gasteiger partial charge in [0.2, 0.25) is 0 Å². The largest absolute Gasteiger partial charge is 0.285 e. The number of hydrogen-bond acceptors (Lipinski definition) is 1. The SMILES string of the molecule is CC(C)N1CC[n+]2c1c1ccccc1c1ccccc12. The molecule has 0 aliphatic carbocycles.